The average molecular weight is 587 g/mol. The second kappa shape index (κ2) is 29.2. The first-order valence-electron chi connectivity index (χ1n) is 18.1. The minimum atomic E-state index is -0.319. The zero-order valence-electron chi connectivity index (χ0n) is 27.7. The molecular formula is C38H66O4. The summed E-state index contributed by atoms with van der Waals surface area (Å²) in [5.74, 6) is -0.637. The van der Waals surface area contributed by atoms with Gasteiger partial charge in [-0.05, 0) is 37.1 Å². The van der Waals surface area contributed by atoms with E-state index in [-0.39, 0.29) is 11.9 Å². The summed E-state index contributed by atoms with van der Waals surface area (Å²) in [7, 11) is 0. The number of esters is 2. The monoisotopic (exact) mass is 586 g/mol. The van der Waals surface area contributed by atoms with Crippen LogP contribution in [0.3, 0.4) is 0 Å². The fourth-order valence-corrected chi connectivity index (χ4v) is 5.48. The van der Waals surface area contributed by atoms with E-state index in [4.69, 9.17) is 9.47 Å². The van der Waals surface area contributed by atoms with Crippen LogP contribution in [0, 0.1) is 0 Å². The van der Waals surface area contributed by atoms with Crippen LogP contribution in [0.2, 0.25) is 0 Å². The molecule has 1 rings (SSSR count). The molecule has 4 heteroatoms. The van der Waals surface area contributed by atoms with E-state index in [1.807, 2.05) is 0 Å². The SMILES string of the molecule is CCCCCCCCCCCCCCCOC(=O)c1ccc(C(=O)OCCCCCCCCCCCCCCC)cc1. The second-order valence-corrected chi connectivity index (χ2v) is 12.3. The first-order chi connectivity index (χ1) is 20.7. The molecule has 0 aromatic heterocycles. The van der Waals surface area contributed by atoms with Crippen LogP contribution in [0.1, 0.15) is 202 Å². The molecule has 0 atom stereocenters. The van der Waals surface area contributed by atoms with Crippen LogP contribution in [0.25, 0.3) is 0 Å². The van der Waals surface area contributed by atoms with Crippen molar-refractivity contribution in [2.24, 2.45) is 0 Å². The lowest BCUT2D eigenvalue weighted by molar-refractivity contribution is 0.0483. The quantitative estimate of drug-likeness (QED) is 0.0664. The number of carbonyl (C=O) groups is 2. The summed E-state index contributed by atoms with van der Waals surface area (Å²) in [6, 6.07) is 6.64. The number of ether oxygens (including phenoxy) is 2. The standard InChI is InChI=1S/C38H66O4/c1-3-5-7-9-11-13-15-17-19-21-23-25-27-33-41-37(39)35-29-31-36(32-30-35)38(40)42-34-28-26-24-22-20-18-16-14-12-10-8-6-4-2/h29-32H,3-28,33-34H2,1-2H3. The van der Waals surface area contributed by atoms with Crippen molar-refractivity contribution in [3.8, 4) is 0 Å². The molecule has 0 bridgehead atoms. The minimum absolute atomic E-state index is 0.319. The molecule has 1 aromatic carbocycles. The number of hydrogen-bond acceptors (Lipinski definition) is 4. The number of hydrogen-bond donors (Lipinski definition) is 0. The highest BCUT2D eigenvalue weighted by Gasteiger charge is 2.11. The van der Waals surface area contributed by atoms with Crippen molar-refractivity contribution in [2.75, 3.05) is 13.2 Å². The normalized spacial score (nSPS) is 11.1. The van der Waals surface area contributed by atoms with Crippen molar-refractivity contribution in [3.63, 3.8) is 0 Å². The van der Waals surface area contributed by atoms with Gasteiger partial charge in [0.25, 0.3) is 0 Å². The van der Waals surface area contributed by atoms with E-state index in [0.717, 1.165) is 25.7 Å². The van der Waals surface area contributed by atoms with E-state index < -0.39 is 0 Å². The summed E-state index contributed by atoms with van der Waals surface area (Å²) in [4.78, 5) is 24.7. The van der Waals surface area contributed by atoms with Gasteiger partial charge in [-0.3, -0.25) is 0 Å². The predicted octanol–water partition coefficient (Wildman–Crippen LogP) is 12.2. The Balaban J connectivity index is 1.97. The van der Waals surface area contributed by atoms with Crippen LogP contribution in [0.4, 0.5) is 0 Å². The number of unbranched alkanes of at least 4 members (excludes halogenated alkanes) is 24. The van der Waals surface area contributed by atoms with E-state index >= 15 is 0 Å². The first kappa shape index (κ1) is 38.2. The Morgan fingerprint density at radius 2 is 0.595 bits per heavy atom. The number of rotatable bonds is 30. The lowest BCUT2D eigenvalue weighted by atomic mass is 10.0. The van der Waals surface area contributed by atoms with E-state index in [1.54, 1.807) is 24.3 Å². The first-order valence-corrected chi connectivity index (χ1v) is 18.1. The van der Waals surface area contributed by atoms with Gasteiger partial charge in [0.1, 0.15) is 0 Å². The van der Waals surface area contributed by atoms with Gasteiger partial charge in [-0.2, -0.15) is 0 Å². The molecule has 4 nitrogen and oxygen atoms in total. The molecular weight excluding hydrogens is 520 g/mol. The summed E-state index contributed by atoms with van der Waals surface area (Å²) in [6.07, 6.45) is 33.7. The molecule has 0 aliphatic heterocycles. The molecule has 0 amide bonds. The molecule has 0 aliphatic rings. The molecule has 1 aromatic rings. The average Bonchev–Trinajstić information content (AvgIpc) is 3.01. The van der Waals surface area contributed by atoms with Gasteiger partial charge in [-0.25, -0.2) is 9.59 Å². The lowest BCUT2D eigenvalue weighted by Gasteiger charge is -2.07. The van der Waals surface area contributed by atoms with E-state index in [1.165, 1.54) is 141 Å². The van der Waals surface area contributed by atoms with Crippen LogP contribution in [0.15, 0.2) is 24.3 Å². The van der Waals surface area contributed by atoms with E-state index in [2.05, 4.69) is 13.8 Å². The third-order valence-electron chi connectivity index (χ3n) is 8.32. The van der Waals surface area contributed by atoms with Gasteiger partial charge >= 0.3 is 11.9 Å². The maximum absolute atomic E-state index is 12.3. The molecule has 0 saturated carbocycles. The molecule has 0 radical (unpaired) electrons. The summed E-state index contributed by atoms with van der Waals surface area (Å²) in [5.41, 5.74) is 0.968. The summed E-state index contributed by atoms with van der Waals surface area (Å²) in [6.45, 7) is 5.45. The zero-order chi connectivity index (χ0) is 30.4. The van der Waals surface area contributed by atoms with Crippen molar-refractivity contribution >= 4 is 11.9 Å². The topological polar surface area (TPSA) is 52.6 Å². The molecule has 0 aliphatic carbocycles. The van der Waals surface area contributed by atoms with Gasteiger partial charge in [0.15, 0.2) is 0 Å². The van der Waals surface area contributed by atoms with Crippen molar-refractivity contribution < 1.29 is 19.1 Å². The molecule has 42 heavy (non-hydrogen) atoms. The molecule has 0 fully saturated rings. The van der Waals surface area contributed by atoms with Gasteiger partial charge in [-0.1, -0.05) is 168 Å². The van der Waals surface area contributed by atoms with Crippen LogP contribution in [0.5, 0.6) is 0 Å². The number of benzene rings is 1. The summed E-state index contributed by atoms with van der Waals surface area (Å²) < 4.78 is 10.9. The highest BCUT2D eigenvalue weighted by Crippen LogP contribution is 2.15. The third kappa shape index (κ3) is 22.7. The van der Waals surface area contributed by atoms with Crippen LogP contribution in [-0.2, 0) is 9.47 Å². The largest absolute Gasteiger partial charge is 0.462 e. The Morgan fingerprint density at radius 1 is 0.381 bits per heavy atom. The lowest BCUT2D eigenvalue weighted by Crippen LogP contribution is -2.09. The van der Waals surface area contributed by atoms with Gasteiger partial charge in [-0.15, -0.1) is 0 Å². The molecule has 0 saturated heterocycles. The van der Waals surface area contributed by atoms with Crippen LogP contribution >= 0.6 is 0 Å². The van der Waals surface area contributed by atoms with Crippen molar-refractivity contribution in [1.82, 2.24) is 0 Å². The highest BCUT2D eigenvalue weighted by molar-refractivity contribution is 5.93. The van der Waals surface area contributed by atoms with Crippen molar-refractivity contribution in [1.29, 1.82) is 0 Å². The molecule has 0 N–H and O–H groups in total. The molecule has 0 spiro atoms. The number of carbonyl (C=O) groups excluding carboxylic acids is 2. The predicted molar refractivity (Wildman–Crippen MR) is 178 cm³/mol. The van der Waals surface area contributed by atoms with Gasteiger partial charge in [0, 0.05) is 0 Å². The van der Waals surface area contributed by atoms with Crippen molar-refractivity contribution in [2.45, 2.75) is 181 Å². The molecule has 0 heterocycles. The smallest absolute Gasteiger partial charge is 0.338 e. The van der Waals surface area contributed by atoms with Crippen LogP contribution in [-0.4, -0.2) is 25.2 Å². The maximum Gasteiger partial charge on any atom is 0.338 e. The summed E-state index contributed by atoms with van der Waals surface area (Å²) in [5, 5.41) is 0. The Hall–Kier alpha value is -1.84. The Bertz CT molecular complexity index is 679. The minimum Gasteiger partial charge on any atom is -0.462 e. The van der Waals surface area contributed by atoms with Gasteiger partial charge in [0.05, 0.1) is 24.3 Å². The van der Waals surface area contributed by atoms with E-state index in [9.17, 15) is 9.59 Å². The van der Waals surface area contributed by atoms with Crippen molar-refractivity contribution in [3.05, 3.63) is 35.4 Å². The fraction of sp³-hybridized carbons (Fsp3) is 0.789. The second-order valence-electron chi connectivity index (χ2n) is 12.3. The van der Waals surface area contributed by atoms with Gasteiger partial charge in [0.2, 0.25) is 0 Å². The maximum atomic E-state index is 12.3. The fourth-order valence-electron chi connectivity index (χ4n) is 5.48. The molecule has 0 unspecified atom stereocenters. The Labute approximate surface area is 260 Å². The third-order valence-corrected chi connectivity index (χ3v) is 8.32. The Morgan fingerprint density at radius 3 is 0.833 bits per heavy atom. The Kier molecular flexibility index (Phi) is 26.6. The van der Waals surface area contributed by atoms with Gasteiger partial charge < -0.3 is 9.47 Å². The summed E-state index contributed by atoms with van der Waals surface area (Å²) >= 11 is 0. The zero-order valence-corrected chi connectivity index (χ0v) is 27.7. The van der Waals surface area contributed by atoms with E-state index in [0.29, 0.717) is 24.3 Å². The molecule has 242 valence electrons. The van der Waals surface area contributed by atoms with Crippen LogP contribution < -0.4 is 0 Å². The highest BCUT2D eigenvalue weighted by atomic mass is 16.5.